The van der Waals surface area contributed by atoms with Crippen molar-refractivity contribution in [2.45, 2.75) is 6.17 Å². The highest BCUT2D eigenvalue weighted by atomic mass is 35.5. The van der Waals surface area contributed by atoms with Crippen molar-refractivity contribution in [1.82, 2.24) is 5.32 Å². The standard InChI is InChI=1S/C25H19Cl2N3O2/c1-30-21-10-6-5-9-18(21)23(17-7-3-2-4-8-17)29-24(25(30)32)28-22(31)14-12-16-11-13-19(26)20(27)15-16/h2-15,24H,1H3,(H,28,31)/t24-/m1/s1. The van der Waals surface area contributed by atoms with Gasteiger partial charge in [-0.25, -0.2) is 4.99 Å². The van der Waals surface area contributed by atoms with Crippen molar-refractivity contribution in [1.29, 1.82) is 0 Å². The summed E-state index contributed by atoms with van der Waals surface area (Å²) in [4.78, 5) is 31.9. The van der Waals surface area contributed by atoms with E-state index in [1.165, 1.54) is 11.0 Å². The largest absolute Gasteiger partial charge is 0.323 e. The molecular weight excluding hydrogens is 445 g/mol. The number of carbonyl (C=O) groups is 2. The van der Waals surface area contributed by atoms with Crippen molar-refractivity contribution in [3.8, 4) is 0 Å². The summed E-state index contributed by atoms with van der Waals surface area (Å²) in [6.07, 6.45) is 1.86. The average Bonchev–Trinajstić information content (AvgIpc) is 2.91. The number of aliphatic imine (C=N–C) groups is 1. The molecule has 0 fully saturated rings. The lowest BCUT2D eigenvalue weighted by Crippen LogP contribution is -2.45. The minimum Gasteiger partial charge on any atom is -0.323 e. The number of amides is 2. The maximum atomic E-state index is 13.1. The quantitative estimate of drug-likeness (QED) is 0.555. The van der Waals surface area contributed by atoms with Gasteiger partial charge in [0, 0.05) is 24.3 Å². The Morgan fingerprint density at radius 1 is 1.00 bits per heavy atom. The van der Waals surface area contributed by atoms with Crippen LogP contribution in [-0.2, 0) is 9.59 Å². The van der Waals surface area contributed by atoms with Crippen molar-refractivity contribution >= 4 is 52.5 Å². The van der Waals surface area contributed by atoms with Crippen LogP contribution in [0.1, 0.15) is 16.7 Å². The van der Waals surface area contributed by atoms with E-state index in [4.69, 9.17) is 23.2 Å². The smallest absolute Gasteiger partial charge is 0.272 e. The molecule has 1 heterocycles. The number of rotatable bonds is 4. The molecule has 4 rings (SSSR count). The van der Waals surface area contributed by atoms with Crippen LogP contribution in [0.2, 0.25) is 10.0 Å². The molecule has 0 radical (unpaired) electrons. The van der Waals surface area contributed by atoms with Crippen LogP contribution < -0.4 is 10.2 Å². The summed E-state index contributed by atoms with van der Waals surface area (Å²) in [6.45, 7) is 0. The van der Waals surface area contributed by atoms with Gasteiger partial charge in [0.05, 0.1) is 21.4 Å². The summed E-state index contributed by atoms with van der Waals surface area (Å²) in [5.41, 5.74) is 3.74. The van der Waals surface area contributed by atoms with Crippen LogP contribution in [0.3, 0.4) is 0 Å². The fourth-order valence-corrected chi connectivity index (χ4v) is 3.72. The van der Waals surface area contributed by atoms with Crippen LogP contribution in [0.25, 0.3) is 6.08 Å². The van der Waals surface area contributed by atoms with Gasteiger partial charge in [-0.2, -0.15) is 0 Å². The second-order valence-electron chi connectivity index (χ2n) is 7.18. The second kappa shape index (κ2) is 9.39. The molecule has 7 heteroatoms. The summed E-state index contributed by atoms with van der Waals surface area (Å²) in [6, 6.07) is 22.2. The van der Waals surface area contributed by atoms with E-state index in [1.807, 2.05) is 54.6 Å². The van der Waals surface area contributed by atoms with Gasteiger partial charge in [-0.3, -0.25) is 9.59 Å². The molecule has 0 saturated carbocycles. The van der Waals surface area contributed by atoms with Crippen molar-refractivity contribution in [2.75, 3.05) is 11.9 Å². The van der Waals surface area contributed by atoms with Gasteiger partial charge in [-0.15, -0.1) is 0 Å². The Hall–Kier alpha value is -3.41. The Kier molecular flexibility index (Phi) is 6.40. The highest BCUT2D eigenvalue weighted by Crippen LogP contribution is 2.27. The van der Waals surface area contributed by atoms with E-state index in [0.717, 1.165) is 16.8 Å². The van der Waals surface area contributed by atoms with Gasteiger partial charge in [-0.05, 0) is 29.8 Å². The molecule has 1 aliphatic rings. The van der Waals surface area contributed by atoms with Crippen LogP contribution in [0.15, 0.2) is 83.9 Å². The minimum absolute atomic E-state index is 0.334. The highest BCUT2D eigenvalue weighted by Gasteiger charge is 2.30. The molecule has 0 aromatic heterocycles. The Balaban J connectivity index is 1.65. The van der Waals surface area contributed by atoms with Gasteiger partial charge < -0.3 is 10.2 Å². The minimum atomic E-state index is -1.08. The number of benzene rings is 3. The van der Waals surface area contributed by atoms with Crippen LogP contribution in [0, 0.1) is 0 Å². The first-order valence-corrected chi connectivity index (χ1v) is 10.6. The van der Waals surface area contributed by atoms with Crippen molar-refractivity contribution in [3.05, 3.63) is 106 Å². The number of nitrogens with one attached hydrogen (secondary N) is 1. The molecule has 0 spiro atoms. The summed E-state index contributed by atoms with van der Waals surface area (Å²) in [5, 5.41) is 3.53. The maximum Gasteiger partial charge on any atom is 0.272 e. The van der Waals surface area contributed by atoms with Gasteiger partial charge >= 0.3 is 0 Å². The average molecular weight is 464 g/mol. The van der Waals surface area contributed by atoms with Crippen LogP contribution in [0.5, 0.6) is 0 Å². The van der Waals surface area contributed by atoms with Crippen molar-refractivity contribution in [3.63, 3.8) is 0 Å². The molecule has 1 atom stereocenters. The van der Waals surface area contributed by atoms with E-state index in [0.29, 0.717) is 21.3 Å². The molecule has 2 amide bonds. The molecule has 3 aromatic carbocycles. The number of hydrogen-bond acceptors (Lipinski definition) is 3. The summed E-state index contributed by atoms with van der Waals surface area (Å²) in [7, 11) is 1.68. The van der Waals surface area contributed by atoms with Gasteiger partial charge in [-0.1, -0.05) is 77.8 Å². The zero-order chi connectivity index (χ0) is 22.7. The fourth-order valence-electron chi connectivity index (χ4n) is 3.41. The molecule has 1 N–H and O–H groups in total. The first-order valence-electron chi connectivity index (χ1n) is 9.88. The summed E-state index contributed by atoms with van der Waals surface area (Å²) < 4.78 is 0. The number of nitrogens with zero attached hydrogens (tertiary/aromatic N) is 2. The van der Waals surface area contributed by atoms with Gasteiger partial charge in [0.1, 0.15) is 0 Å². The molecule has 1 aliphatic heterocycles. The predicted octanol–water partition coefficient (Wildman–Crippen LogP) is 4.96. The molecule has 0 bridgehead atoms. The van der Waals surface area contributed by atoms with Gasteiger partial charge in [0.2, 0.25) is 12.1 Å². The Morgan fingerprint density at radius 2 is 1.72 bits per heavy atom. The Labute approximate surface area is 196 Å². The van der Waals surface area contributed by atoms with Gasteiger partial charge in [0.25, 0.3) is 5.91 Å². The molecule has 0 aliphatic carbocycles. The highest BCUT2D eigenvalue weighted by molar-refractivity contribution is 6.42. The Bertz CT molecular complexity index is 1240. The number of para-hydroxylation sites is 1. The number of anilines is 1. The lowest BCUT2D eigenvalue weighted by Gasteiger charge is -2.20. The number of hydrogen-bond donors (Lipinski definition) is 1. The number of carbonyl (C=O) groups excluding carboxylic acids is 2. The van der Waals surface area contributed by atoms with Gasteiger partial charge in [0.15, 0.2) is 0 Å². The van der Waals surface area contributed by atoms with E-state index >= 15 is 0 Å². The fraction of sp³-hybridized carbons (Fsp3) is 0.0800. The third-order valence-corrected chi connectivity index (χ3v) is 5.78. The van der Waals surface area contributed by atoms with Crippen molar-refractivity contribution in [2.24, 2.45) is 4.99 Å². The maximum absolute atomic E-state index is 13.1. The Morgan fingerprint density at radius 3 is 2.47 bits per heavy atom. The topological polar surface area (TPSA) is 61.8 Å². The van der Waals surface area contributed by atoms with Crippen molar-refractivity contribution < 1.29 is 9.59 Å². The molecule has 0 saturated heterocycles. The third-order valence-electron chi connectivity index (χ3n) is 5.04. The first kappa shape index (κ1) is 21.8. The molecule has 5 nitrogen and oxygen atoms in total. The summed E-state index contributed by atoms with van der Waals surface area (Å²) in [5.74, 6) is -0.787. The van der Waals surface area contributed by atoms with E-state index in [2.05, 4.69) is 10.3 Å². The van der Waals surface area contributed by atoms with E-state index in [1.54, 1.807) is 31.3 Å². The second-order valence-corrected chi connectivity index (χ2v) is 7.99. The van der Waals surface area contributed by atoms with Crippen LogP contribution in [0.4, 0.5) is 5.69 Å². The molecule has 0 unspecified atom stereocenters. The zero-order valence-electron chi connectivity index (χ0n) is 17.1. The molecule has 160 valence electrons. The number of benzodiazepines with no additional fused rings is 1. The number of likely N-dealkylation sites (N-methyl/N-ethyl adjacent to an activating group) is 1. The molecule has 32 heavy (non-hydrogen) atoms. The first-order chi connectivity index (χ1) is 15.4. The normalized spacial score (nSPS) is 15.8. The van der Waals surface area contributed by atoms with Crippen LogP contribution in [-0.4, -0.2) is 30.7 Å². The van der Waals surface area contributed by atoms with E-state index in [9.17, 15) is 9.59 Å². The SMILES string of the molecule is CN1C(=O)[C@H](NC(=O)C=Cc2ccc(Cl)c(Cl)c2)N=C(c2ccccc2)c2ccccc21. The van der Waals surface area contributed by atoms with Crippen LogP contribution >= 0.6 is 23.2 Å². The van der Waals surface area contributed by atoms with E-state index < -0.39 is 12.1 Å². The monoisotopic (exact) mass is 463 g/mol. The zero-order valence-corrected chi connectivity index (χ0v) is 18.6. The van der Waals surface area contributed by atoms with E-state index in [-0.39, 0.29) is 5.91 Å². The number of fused-ring (bicyclic) bond motifs is 1. The lowest BCUT2D eigenvalue weighted by atomic mass is 10.0. The predicted molar refractivity (Wildman–Crippen MR) is 129 cm³/mol. The number of halogens is 2. The molecule has 3 aromatic rings. The summed E-state index contributed by atoms with van der Waals surface area (Å²) >= 11 is 11.9. The lowest BCUT2D eigenvalue weighted by molar-refractivity contribution is -0.124. The molecular formula is C25H19Cl2N3O2. The third kappa shape index (κ3) is 4.59.